The molecule has 0 saturated carbocycles. The van der Waals surface area contributed by atoms with E-state index in [-0.39, 0.29) is 5.91 Å². The van der Waals surface area contributed by atoms with Crippen LogP contribution in [0.2, 0.25) is 0 Å². The first kappa shape index (κ1) is 15.2. The van der Waals surface area contributed by atoms with Crippen LogP contribution in [0.5, 0.6) is 0 Å². The number of amides is 1. The van der Waals surface area contributed by atoms with Gasteiger partial charge in [-0.1, -0.05) is 0 Å². The maximum Gasteiger partial charge on any atom is 0.242 e. The Morgan fingerprint density at radius 2 is 2.23 bits per heavy atom. The maximum atomic E-state index is 12.4. The van der Waals surface area contributed by atoms with Gasteiger partial charge in [-0.2, -0.15) is 0 Å². The highest BCUT2D eigenvalue weighted by Crippen LogP contribution is 2.31. The Balaban J connectivity index is 1.84. The zero-order valence-corrected chi connectivity index (χ0v) is 13.7. The fourth-order valence-corrected chi connectivity index (χ4v) is 3.74. The Kier molecular flexibility index (Phi) is 4.54. The Hall–Kier alpha value is -1.73. The summed E-state index contributed by atoms with van der Waals surface area (Å²) in [5, 5.41) is 2.09. The predicted molar refractivity (Wildman–Crippen MR) is 87.4 cm³/mol. The molecule has 7 heteroatoms. The summed E-state index contributed by atoms with van der Waals surface area (Å²) in [5.74, 6) is 1.01. The highest BCUT2D eigenvalue weighted by Gasteiger charge is 2.24. The van der Waals surface area contributed by atoms with Crippen LogP contribution in [0.1, 0.15) is 12.0 Å². The Bertz CT molecular complexity index is 673. The zero-order chi connectivity index (χ0) is 15.5. The molecule has 0 aromatic carbocycles. The van der Waals surface area contributed by atoms with Gasteiger partial charge in [-0.25, -0.2) is 9.97 Å². The third-order valence-corrected chi connectivity index (χ3v) is 4.99. The van der Waals surface area contributed by atoms with Crippen LogP contribution in [-0.4, -0.2) is 60.7 Å². The Morgan fingerprint density at radius 1 is 1.36 bits per heavy atom. The van der Waals surface area contributed by atoms with Gasteiger partial charge in [-0.05, 0) is 24.3 Å². The van der Waals surface area contributed by atoms with Crippen LogP contribution >= 0.6 is 11.3 Å². The van der Waals surface area contributed by atoms with E-state index >= 15 is 0 Å². The van der Waals surface area contributed by atoms with E-state index < -0.39 is 0 Å². The average molecular weight is 320 g/mol. The standard InChI is InChI=1S/C15H20N4O2S/c1-11-9-22-14-13(11)16-10-17-15(14)19-5-3-4-18(6-7-21-2)12(20)8-19/h9-10H,3-8H2,1-2H3. The largest absolute Gasteiger partial charge is 0.383 e. The lowest BCUT2D eigenvalue weighted by Gasteiger charge is -2.22. The minimum Gasteiger partial charge on any atom is -0.383 e. The van der Waals surface area contributed by atoms with Gasteiger partial charge < -0.3 is 14.5 Å². The summed E-state index contributed by atoms with van der Waals surface area (Å²) < 4.78 is 6.15. The monoisotopic (exact) mass is 320 g/mol. The van der Waals surface area contributed by atoms with Crippen molar-refractivity contribution in [1.82, 2.24) is 14.9 Å². The fraction of sp³-hybridized carbons (Fsp3) is 0.533. The number of hydrogen-bond donors (Lipinski definition) is 0. The molecule has 1 saturated heterocycles. The molecule has 1 fully saturated rings. The quantitative estimate of drug-likeness (QED) is 0.858. The fourth-order valence-electron chi connectivity index (χ4n) is 2.72. The molecule has 1 aliphatic heterocycles. The molecule has 0 N–H and O–H groups in total. The number of nitrogens with zero attached hydrogens (tertiary/aromatic N) is 4. The predicted octanol–water partition coefficient (Wildman–Crippen LogP) is 1.68. The van der Waals surface area contributed by atoms with Gasteiger partial charge in [-0.3, -0.25) is 4.79 Å². The minimum absolute atomic E-state index is 0.134. The van der Waals surface area contributed by atoms with Crippen molar-refractivity contribution in [2.75, 3.05) is 44.8 Å². The van der Waals surface area contributed by atoms with Crippen LogP contribution in [-0.2, 0) is 9.53 Å². The first-order chi connectivity index (χ1) is 10.7. The molecule has 0 radical (unpaired) electrons. The van der Waals surface area contributed by atoms with Gasteiger partial charge >= 0.3 is 0 Å². The minimum atomic E-state index is 0.134. The second-order valence-electron chi connectivity index (χ2n) is 5.44. The summed E-state index contributed by atoms with van der Waals surface area (Å²) in [6.45, 7) is 5.26. The molecule has 0 bridgehead atoms. The molecule has 1 amide bonds. The van der Waals surface area contributed by atoms with Crippen molar-refractivity contribution in [3.05, 3.63) is 17.3 Å². The molecule has 118 valence electrons. The van der Waals surface area contributed by atoms with Gasteiger partial charge in [0.05, 0.1) is 23.4 Å². The molecule has 3 rings (SSSR count). The normalized spacial score (nSPS) is 16.4. The lowest BCUT2D eigenvalue weighted by Crippen LogP contribution is -2.38. The number of rotatable bonds is 4. The van der Waals surface area contributed by atoms with E-state index in [2.05, 4.69) is 27.2 Å². The van der Waals surface area contributed by atoms with Crippen LogP contribution in [0.25, 0.3) is 10.2 Å². The second-order valence-corrected chi connectivity index (χ2v) is 6.32. The summed E-state index contributed by atoms with van der Waals surface area (Å²) in [5.41, 5.74) is 2.15. The number of hydrogen-bond acceptors (Lipinski definition) is 6. The Morgan fingerprint density at radius 3 is 3.05 bits per heavy atom. The van der Waals surface area contributed by atoms with E-state index in [1.165, 1.54) is 0 Å². The van der Waals surface area contributed by atoms with Gasteiger partial charge in [0.15, 0.2) is 5.82 Å². The summed E-state index contributed by atoms with van der Waals surface area (Å²) in [6.07, 6.45) is 2.53. The van der Waals surface area contributed by atoms with Crippen molar-refractivity contribution < 1.29 is 9.53 Å². The third kappa shape index (κ3) is 2.91. The zero-order valence-electron chi connectivity index (χ0n) is 12.9. The number of carbonyl (C=O) groups is 1. The van der Waals surface area contributed by atoms with E-state index in [0.717, 1.165) is 41.1 Å². The number of methoxy groups -OCH3 is 1. The first-order valence-electron chi connectivity index (χ1n) is 7.41. The first-order valence-corrected chi connectivity index (χ1v) is 8.29. The van der Waals surface area contributed by atoms with Crippen molar-refractivity contribution in [3.8, 4) is 0 Å². The van der Waals surface area contributed by atoms with Crippen molar-refractivity contribution >= 4 is 33.3 Å². The summed E-state index contributed by atoms with van der Waals surface area (Å²) in [4.78, 5) is 25.2. The average Bonchev–Trinajstić information content (AvgIpc) is 2.80. The number of aromatic nitrogens is 2. The van der Waals surface area contributed by atoms with E-state index in [0.29, 0.717) is 19.7 Å². The molecular formula is C15H20N4O2S. The van der Waals surface area contributed by atoms with Crippen LogP contribution in [0.4, 0.5) is 5.82 Å². The Labute approximate surface area is 133 Å². The van der Waals surface area contributed by atoms with Crippen molar-refractivity contribution in [2.45, 2.75) is 13.3 Å². The molecule has 2 aromatic heterocycles. The maximum absolute atomic E-state index is 12.4. The number of ether oxygens (including phenoxy) is 1. The molecule has 2 aromatic rings. The summed E-state index contributed by atoms with van der Waals surface area (Å²) in [6, 6.07) is 0. The molecule has 0 unspecified atom stereocenters. The van der Waals surface area contributed by atoms with Gasteiger partial charge in [0.2, 0.25) is 5.91 Å². The molecule has 3 heterocycles. The molecule has 0 aliphatic carbocycles. The van der Waals surface area contributed by atoms with Crippen LogP contribution in [0.3, 0.4) is 0 Å². The molecule has 22 heavy (non-hydrogen) atoms. The summed E-state index contributed by atoms with van der Waals surface area (Å²) >= 11 is 1.65. The van der Waals surface area contributed by atoms with Crippen LogP contribution in [0.15, 0.2) is 11.7 Å². The highest BCUT2D eigenvalue weighted by atomic mass is 32.1. The van der Waals surface area contributed by atoms with E-state index in [9.17, 15) is 4.79 Å². The van der Waals surface area contributed by atoms with Gasteiger partial charge in [0.25, 0.3) is 0 Å². The van der Waals surface area contributed by atoms with Crippen molar-refractivity contribution in [1.29, 1.82) is 0 Å². The number of fused-ring (bicyclic) bond motifs is 1. The molecule has 0 atom stereocenters. The lowest BCUT2D eigenvalue weighted by molar-refractivity contribution is -0.129. The molecule has 6 nitrogen and oxygen atoms in total. The van der Waals surface area contributed by atoms with E-state index in [1.807, 2.05) is 4.90 Å². The highest BCUT2D eigenvalue weighted by molar-refractivity contribution is 7.18. The topological polar surface area (TPSA) is 58.6 Å². The van der Waals surface area contributed by atoms with E-state index in [4.69, 9.17) is 4.74 Å². The van der Waals surface area contributed by atoms with Gasteiger partial charge in [0.1, 0.15) is 6.33 Å². The summed E-state index contributed by atoms with van der Waals surface area (Å²) in [7, 11) is 1.66. The van der Waals surface area contributed by atoms with Gasteiger partial charge in [0, 0.05) is 26.7 Å². The molecular weight excluding hydrogens is 300 g/mol. The van der Waals surface area contributed by atoms with Gasteiger partial charge in [-0.15, -0.1) is 11.3 Å². The number of carbonyl (C=O) groups excluding carboxylic acids is 1. The lowest BCUT2D eigenvalue weighted by atomic mass is 10.3. The van der Waals surface area contributed by atoms with E-state index in [1.54, 1.807) is 24.8 Å². The van der Waals surface area contributed by atoms with Crippen molar-refractivity contribution in [2.24, 2.45) is 0 Å². The van der Waals surface area contributed by atoms with Crippen molar-refractivity contribution in [3.63, 3.8) is 0 Å². The number of thiophene rings is 1. The SMILES string of the molecule is COCCN1CCCN(c2ncnc3c(C)csc23)CC1=O. The molecule has 1 aliphatic rings. The number of aryl methyl sites for hydroxylation is 1. The molecule has 0 spiro atoms. The smallest absolute Gasteiger partial charge is 0.242 e. The third-order valence-electron chi connectivity index (χ3n) is 3.91. The van der Waals surface area contributed by atoms with Crippen LogP contribution in [0, 0.1) is 6.92 Å². The number of anilines is 1. The second kappa shape index (κ2) is 6.58. The van der Waals surface area contributed by atoms with Crippen LogP contribution < -0.4 is 4.90 Å².